The summed E-state index contributed by atoms with van der Waals surface area (Å²) in [5.41, 5.74) is 0.213. The van der Waals surface area contributed by atoms with Gasteiger partial charge in [0.1, 0.15) is 5.15 Å². The number of pyridine rings is 1. The molecule has 1 heterocycles. The number of rotatable bonds is 1. The lowest BCUT2D eigenvalue weighted by Gasteiger charge is -1.97. The van der Waals surface area contributed by atoms with E-state index in [2.05, 4.69) is 16.8 Å². The van der Waals surface area contributed by atoms with Gasteiger partial charge < -0.3 is 5.11 Å². The Kier molecular flexibility index (Phi) is 3.06. The second-order valence-corrected chi connectivity index (χ2v) is 2.59. The summed E-state index contributed by atoms with van der Waals surface area (Å²) in [6.07, 6.45) is 1.30. The monoisotopic (exact) mass is 206 g/mol. The van der Waals surface area contributed by atoms with E-state index >= 15 is 0 Å². The number of aromatic nitrogens is 1. The van der Waals surface area contributed by atoms with Gasteiger partial charge in [0.2, 0.25) is 0 Å². The van der Waals surface area contributed by atoms with Crippen molar-refractivity contribution in [3.8, 4) is 17.9 Å². The highest BCUT2D eigenvalue weighted by Gasteiger charge is 2.09. The van der Waals surface area contributed by atoms with Crippen LogP contribution in [0.1, 0.15) is 15.9 Å². The maximum atomic E-state index is 10.6. The fourth-order valence-corrected chi connectivity index (χ4v) is 0.951. The van der Waals surface area contributed by atoms with E-state index in [0.29, 0.717) is 5.56 Å². The molecule has 0 aliphatic heterocycles. The van der Waals surface area contributed by atoms with Crippen LogP contribution < -0.4 is 0 Å². The fourth-order valence-electron chi connectivity index (χ4n) is 0.767. The standard InChI is InChI=1S/C9H3ClN2O2/c10-8-7(9(13)14)4-6(5-12-8)2-1-3-11/h4-5H,(H,13,14). The second kappa shape index (κ2) is 4.27. The second-order valence-electron chi connectivity index (χ2n) is 2.23. The van der Waals surface area contributed by atoms with Gasteiger partial charge in [-0.25, -0.2) is 9.78 Å². The minimum absolute atomic E-state index is 0.0972. The van der Waals surface area contributed by atoms with Gasteiger partial charge in [0.15, 0.2) is 6.07 Å². The first-order chi connectivity index (χ1) is 6.65. The molecule has 0 aliphatic carbocycles. The Morgan fingerprint density at radius 2 is 2.36 bits per heavy atom. The van der Waals surface area contributed by atoms with Crippen LogP contribution in [0.4, 0.5) is 0 Å². The SMILES string of the molecule is N#CC#Cc1cnc(Cl)c(C(=O)O)c1. The van der Waals surface area contributed by atoms with E-state index in [4.69, 9.17) is 22.0 Å². The van der Waals surface area contributed by atoms with Crippen LogP contribution in [-0.4, -0.2) is 16.1 Å². The van der Waals surface area contributed by atoms with Crippen molar-refractivity contribution in [1.29, 1.82) is 5.26 Å². The molecule has 0 aromatic carbocycles. The normalized spacial score (nSPS) is 8.29. The molecule has 0 amide bonds. The summed E-state index contributed by atoms with van der Waals surface area (Å²) in [7, 11) is 0. The number of halogens is 1. The Labute approximate surface area is 84.8 Å². The lowest BCUT2D eigenvalue weighted by Crippen LogP contribution is -1.99. The summed E-state index contributed by atoms with van der Waals surface area (Å²) in [4.78, 5) is 14.2. The highest BCUT2D eigenvalue weighted by Crippen LogP contribution is 2.13. The van der Waals surface area contributed by atoms with Gasteiger partial charge in [0.05, 0.1) is 5.56 Å². The number of aromatic carboxylic acids is 1. The highest BCUT2D eigenvalue weighted by molar-refractivity contribution is 6.32. The molecule has 5 heteroatoms. The van der Waals surface area contributed by atoms with Gasteiger partial charge in [-0.15, -0.1) is 0 Å². The molecule has 14 heavy (non-hydrogen) atoms. The van der Waals surface area contributed by atoms with Gasteiger partial charge in [-0.3, -0.25) is 0 Å². The Morgan fingerprint density at radius 3 is 2.93 bits per heavy atom. The molecule has 0 aliphatic rings. The van der Waals surface area contributed by atoms with Crippen molar-refractivity contribution < 1.29 is 9.90 Å². The lowest BCUT2D eigenvalue weighted by atomic mass is 10.2. The van der Waals surface area contributed by atoms with Gasteiger partial charge in [-0.05, 0) is 12.0 Å². The number of nitriles is 1. The van der Waals surface area contributed by atoms with E-state index < -0.39 is 5.97 Å². The van der Waals surface area contributed by atoms with Gasteiger partial charge in [0, 0.05) is 17.7 Å². The van der Waals surface area contributed by atoms with Crippen molar-refractivity contribution in [3.63, 3.8) is 0 Å². The molecule has 0 unspecified atom stereocenters. The first-order valence-corrected chi connectivity index (χ1v) is 3.82. The molecule has 0 atom stereocenters. The molecule has 68 valence electrons. The number of hydrogen-bond donors (Lipinski definition) is 1. The van der Waals surface area contributed by atoms with E-state index in [1.807, 2.05) is 0 Å². The van der Waals surface area contributed by atoms with Gasteiger partial charge in [-0.2, -0.15) is 5.26 Å². The molecule has 0 bridgehead atoms. The molecule has 0 radical (unpaired) electrons. The molecule has 1 aromatic heterocycles. The van der Waals surface area contributed by atoms with Crippen LogP contribution in [0, 0.1) is 23.2 Å². The number of carboxylic acid groups (broad SMARTS) is 1. The predicted molar refractivity (Wildman–Crippen MR) is 48.7 cm³/mol. The van der Waals surface area contributed by atoms with E-state index in [0.717, 1.165) is 0 Å². The number of nitrogens with zero attached hydrogens (tertiary/aromatic N) is 2. The maximum absolute atomic E-state index is 10.6. The summed E-state index contributed by atoms with van der Waals surface area (Å²) in [5.74, 6) is 3.37. The van der Waals surface area contributed by atoms with Crippen molar-refractivity contribution in [3.05, 3.63) is 28.5 Å². The van der Waals surface area contributed by atoms with Gasteiger partial charge >= 0.3 is 5.97 Å². The van der Waals surface area contributed by atoms with Crippen LogP contribution in [0.2, 0.25) is 5.15 Å². The third kappa shape index (κ3) is 2.22. The van der Waals surface area contributed by atoms with E-state index in [1.165, 1.54) is 12.3 Å². The van der Waals surface area contributed by atoms with E-state index in [1.54, 1.807) is 6.07 Å². The van der Waals surface area contributed by atoms with Crippen molar-refractivity contribution in [2.24, 2.45) is 0 Å². The van der Waals surface area contributed by atoms with Crippen LogP contribution in [0.15, 0.2) is 12.3 Å². The van der Waals surface area contributed by atoms with Gasteiger partial charge in [0.25, 0.3) is 0 Å². The van der Waals surface area contributed by atoms with Crippen molar-refractivity contribution in [1.82, 2.24) is 4.98 Å². The quantitative estimate of drug-likeness (QED) is 0.555. The Morgan fingerprint density at radius 1 is 1.64 bits per heavy atom. The lowest BCUT2D eigenvalue weighted by molar-refractivity contribution is 0.0696. The predicted octanol–water partition coefficient (Wildman–Crippen LogP) is 1.31. The molecule has 0 saturated heterocycles. The van der Waals surface area contributed by atoms with Crippen LogP contribution in [0.3, 0.4) is 0 Å². The smallest absolute Gasteiger partial charge is 0.338 e. The topological polar surface area (TPSA) is 74.0 Å². The van der Waals surface area contributed by atoms with Crippen LogP contribution >= 0.6 is 11.6 Å². The Hall–Kier alpha value is -2.04. The zero-order valence-electron chi connectivity index (χ0n) is 6.78. The van der Waals surface area contributed by atoms with E-state index in [9.17, 15) is 4.79 Å². The van der Waals surface area contributed by atoms with Crippen LogP contribution in [-0.2, 0) is 0 Å². The zero-order valence-corrected chi connectivity index (χ0v) is 7.54. The van der Waals surface area contributed by atoms with Gasteiger partial charge in [-0.1, -0.05) is 11.6 Å². The summed E-state index contributed by atoms with van der Waals surface area (Å²) < 4.78 is 0. The number of hydrogen-bond acceptors (Lipinski definition) is 3. The van der Waals surface area contributed by atoms with Crippen LogP contribution in [0.25, 0.3) is 0 Å². The molecule has 1 aromatic rings. The van der Waals surface area contributed by atoms with E-state index in [-0.39, 0.29) is 10.7 Å². The molecule has 1 rings (SSSR count). The first-order valence-electron chi connectivity index (χ1n) is 3.44. The average molecular weight is 207 g/mol. The summed E-state index contributed by atoms with van der Waals surface area (Å²) in [5, 5.41) is 16.8. The molecule has 0 spiro atoms. The highest BCUT2D eigenvalue weighted by atomic mass is 35.5. The fraction of sp³-hybridized carbons (Fsp3) is 0. The van der Waals surface area contributed by atoms with Crippen molar-refractivity contribution in [2.75, 3.05) is 0 Å². The molecule has 0 fully saturated rings. The summed E-state index contributed by atoms with van der Waals surface area (Å²) in [6, 6.07) is 2.88. The average Bonchev–Trinajstić information content (AvgIpc) is 2.16. The number of carbonyl (C=O) groups is 1. The minimum Gasteiger partial charge on any atom is -0.478 e. The largest absolute Gasteiger partial charge is 0.478 e. The third-order valence-electron chi connectivity index (χ3n) is 1.33. The Bertz CT molecular complexity index is 480. The molecule has 0 saturated carbocycles. The summed E-state index contributed by atoms with van der Waals surface area (Å²) in [6.45, 7) is 0. The molecular formula is C9H3ClN2O2. The van der Waals surface area contributed by atoms with Crippen LogP contribution in [0.5, 0.6) is 0 Å². The molecular weight excluding hydrogens is 204 g/mol. The summed E-state index contributed by atoms with van der Waals surface area (Å²) >= 11 is 5.52. The first kappa shape index (κ1) is 10.0. The minimum atomic E-state index is -1.18. The molecule has 1 N–H and O–H groups in total. The zero-order chi connectivity index (χ0) is 10.6. The Balaban J connectivity index is 3.21. The third-order valence-corrected chi connectivity index (χ3v) is 1.63. The molecule has 4 nitrogen and oxygen atoms in total. The number of carboxylic acids is 1. The van der Waals surface area contributed by atoms with Crippen molar-refractivity contribution in [2.45, 2.75) is 0 Å². The maximum Gasteiger partial charge on any atom is 0.338 e. The van der Waals surface area contributed by atoms with Crippen molar-refractivity contribution >= 4 is 17.6 Å².